The van der Waals surface area contributed by atoms with E-state index in [4.69, 9.17) is 0 Å². The number of hydrogen-bond donors (Lipinski definition) is 0. The Labute approximate surface area is 171 Å². The van der Waals surface area contributed by atoms with Crippen molar-refractivity contribution >= 4 is 0 Å². The van der Waals surface area contributed by atoms with Crippen LogP contribution < -0.4 is 0 Å². The predicted octanol–water partition coefficient (Wildman–Crippen LogP) is 8.94. The molecular formula is C27H46. The van der Waals surface area contributed by atoms with Crippen LogP contribution in [-0.2, 0) is 0 Å². The molecule has 0 radical (unpaired) electrons. The molecule has 2 aliphatic carbocycles. The van der Waals surface area contributed by atoms with E-state index in [0.29, 0.717) is 17.8 Å². The first kappa shape index (κ1) is 25.7. The summed E-state index contributed by atoms with van der Waals surface area (Å²) in [5.74, 6) is 3.84. The maximum absolute atomic E-state index is 3.97. The van der Waals surface area contributed by atoms with Gasteiger partial charge in [-0.3, -0.25) is 0 Å². The van der Waals surface area contributed by atoms with Crippen LogP contribution in [0.25, 0.3) is 0 Å². The van der Waals surface area contributed by atoms with Crippen LogP contribution in [0.15, 0.2) is 60.3 Å². The quantitative estimate of drug-likeness (QED) is 0.424. The van der Waals surface area contributed by atoms with E-state index >= 15 is 0 Å². The van der Waals surface area contributed by atoms with Gasteiger partial charge in [0.15, 0.2) is 0 Å². The van der Waals surface area contributed by atoms with Crippen molar-refractivity contribution in [1.29, 1.82) is 0 Å². The van der Waals surface area contributed by atoms with Gasteiger partial charge in [0.2, 0.25) is 0 Å². The van der Waals surface area contributed by atoms with Crippen molar-refractivity contribution < 1.29 is 0 Å². The molecule has 0 bridgehead atoms. The van der Waals surface area contributed by atoms with E-state index in [1.165, 1.54) is 48.0 Å². The molecule has 0 heterocycles. The van der Waals surface area contributed by atoms with Crippen LogP contribution in [-0.4, -0.2) is 0 Å². The predicted molar refractivity (Wildman–Crippen MR) is 126 cm³/mol. The SMILES string of the molecule is C=C(C)C(C)CC.C=C(C)C1=CC(C(C)C)C=C1.C=C(C)C1CCC(C)C1. The fourth-order valence-electron chi connectivity index (χ4n) is 3.24. The molecule has 0 amide bonds. The molecule has 2 aliphatic rings. The fraction of sp³-hybridized carbons (Fsp3) is 0.630. The van der Waals surface area contributed by atoms with Gasteiger partial charge < -0.3 is 0 Å². The standard InChI is InChI=1S/C11H16.C9H16.C7H14/c1-8(2)10-5-6-11(7-10)9(3)4;1-7(2)9-5-4-8(3)6-9;1-5-7(4)6(2)3/h5-7,9,11H,1H2,2-4H3;8-9H,1,4-6H2,2-3H3;7H,2,5H2,1,3-4H3. The van der Waals surface area contributed by atoms with Gasteiger partial charge in [-0.15, -0.1) is 0 Å². The Morgan fingerprint density at radius 3 is 1.85 bits per heavy atom. The second-order valence-electron chi connectivity index (χ2n) is 9.20. The third-order valence-electron chi connectivity index (χ3n) is 5.98. The molecule has 0 aromatic carbocycles. The molecular weight excluding hydrogens is 324 g/mol. The fourth-order valence-corrected chi connectivity index (χ4v) is 3.24. The first-order valence-electron chi connectivity index (χ1n) is 10.9. The zero-order chi connectivity index (χ0) is 21.1. The van der Waals surface area contributed by atoms with Crippen molar-refractivity contribution in [2.75, 3.05) is 0 Å². The Hall–Kier alpha value is -1.30. The average Bonchev–Trinajstić information content (AvgIpc) is 3.24. The summed E-state index contributed by atoms with van der Waals surface area (Å²) in [7, 11) is 0. The summed E-state index contributed by atoms with van der Waals surface area (Å²) in [5, 5.41) is 0. The van der Waals surface area contributed by atoms with Crippen LogP contribution in [0.2, 0.25) is 0 Å². The van der Waals surface area contributed by atoms with Crippen molar-refractivity contribution in [2.24, 2.45) is 29.6 Å². The second kappa shape index (κ2) is 13.0. The first-order valence-corrected chi connectivity index (χ1v) is 10.9. The lowest BCUT2D eigenvalue weighted by molar-refractivity contribution is 0.555. The zero-order valence-electron chi connectivity index (χ0n) is 19.6. The lowest BCUT2D eigenvalue weighted by atomic mass is 9.97. The lowest BCUT2D eigenvalue weighted by Crippen LogP contribution is -1.98. The van der Waals surface area contributed by atoms with E-state index in [9.17, 15) is 0 Å². The molecule has 154 valence electrons. The smallest absolute Gasteiger partial charge is 0.00180 e. The highest BCUT2D eigenvalue weighted by Gasteiger charge is 2.20. The molecule has 0 aliphatic heterocycles. The Morgan fingerprint density at radius 1 is 1.07 bits per heavy atom. The number of allylic oxidation sites excluding steroid dienone is 7. The third kappa shape index (κ3) is 10.6. The van der Waals surface area contributed by atoms with Crippen molar-refractivity contribution in [3.8, 4) is 0 Å². The highest BCUT2D eigenvalue weighted by atomic mass is 14.3. The molecule has 0 saturated heterocycles. The van der Waals surface area contributed by atoms with E-state index in [-0.39, 0.29) is 0 Å². The van der Waals surface area contributed by atoms with Gasteiger partial charge in [-0.1, -0.05) is 95.7 Å². The normalized spacial score (nSPS) is 24.3. The van der Waals surface area contributed by atoms with Crippen LogP contribution in [0.5, 0.6) is 0 Å². The summed E-state index contributed by atoms with van der Waals surface area (Å²) >= 11 is 0. The molecule has 4 atom stereocenters. The molecule has 0 spiro atoms. The van der Waals surface area contributed by atoms with Gasteiger partial charge >= 0.3 is 0 Å². The molecule has 2 rings (SSSR count). The number of rotatable bonds is 5. The van der Waals surface area contributed by atoms with Crippen LogP contribution in [0, 0.1) is 29.6 Å². The van der Waals surface area contributed by atoms with Crippen molar-refractivity contribution in [1.82, 2.24) is 0 Å². The van der Waals surface area contributed by atoms with Gasteiger partial charge in [0.05, 0.1) is 0 Å². The van der Waals surface area contributed by atoms with E-state index in [2.05, 4.69) is 93.4 Å². The maximum atomic E-state index is 3.97. The van der Waals surface area contributed by atoms with E-state index in [1.807, 2.05) is 0 Å². The summed E-state index contributed by atoms with van der Waals surface area (Å²) in [5.41, 5.74) is 5.16. The van der Waals surface area contributed by atoms with Crippen LogP contribution in [0.4, 0.5) is 0 Å². The Balaban J connectivity index is 0.000000387. The third-order valence-corrected chi connectivity index (χ3v) is 5.98. The Bertz CT molecular complexity index is 540. The monoisotopic (exact) mass is 370 g/mol. The molecule has 0 aromatic rings. The minimum absolute atomic E-state index is 0.627. The van der Waals surface area contributed by atoms with Crippen molar-refractivity contribution in [3.05, 3.63) is 60.3 Å². The zero-order valence-corrected chi connectivity index (χ0v) is 19.6. The first-order chi connectivity index (χ1) is 12.5. The van der Waals surface area contributed by atoms with Crippen molar-refractivity contribution in [2.45, 2.75) is 81.1 Å². The summed E-state index contributed by atoms with van der Waals surface area (Å²) in [6, 6.07) is 0. The Kier molecular flexibility index (Phi) is 12.4. The van der Waals surface area contributed by atoms with E-state index in [1.54, 1.807) is 0 Å². The van der Waals surface area contributed by atoms with E-state index in [0.717, 1.165) is 11.8 Å². The summed E-state index contributed by atoms with van der Waals surface area (Å²) in [6.45, 7) is 29.2. The van der Waals surface area contributed by atoms with Gasteiger partial charge in [-0.25, -0.2) is 0 Å². The van der Waals surface area contributed by atoms with Crippen LogP contribution in [0.1, 0.15) is 81.1 Å². The molecule has 4 unspecified atom stereocenters. The molecule has 0 aromatic heterocycles. The largest absolute Gasteiger partial charge is 0.0999 e. The van der Waals surface area contributed by atoms with Gasteiger partial charge in [0, 0.05) is 0 Å². The highest BCUT2D eigenvalue weighted by Crippen LogP contribution is 2.34. The number of hydrogen-bond acceptors (Lipinski definition) is 0. The van der Waals surface area contributed by atoms with Crippen molar-refractivity contribution in [3.63, 3.8) is 0 Å². The average molecular weight is 371 g/mol. The van der Waals surface area contributed by atoms with Gasteiger partial charge in [0.1, 0.15) is 0 Å². The van der Waals surface area contributed by atoms with Gasteiger partial charge in [-0.05, 0) is 75.2 Å². The van der Waals surface area contributed by atoms with E-state index < -0.39 is 0 Å². The summed E-state index contributed by atoms with van der Waals surface area (Å²) < 4.78 is 0. The minimum atomic E-state index is 0.627. The maximum Gasteiger partial charge on any atom is -0.00180 e. The lowest BCUT2D eigenvalue weighted by Gasteiger charge is -2.08. The van der Waals surface area contributed by atoms with Crippen LogP contribution in [0.3, 0.4) is 0 Å². The molecule has 1 saturated carbocycles. The molecule has 1 fully saturated rings. The topological polar surface area (TPSA) is 0 Å². The highest BCUT2D eigenvalue weighted by molar-refractivity contribution is 5.42. The molecule has 0 N–H and O–H groups in total. The molecule has 27 heavy (non-hydrogen) atoms. The van der Waals surface area contributed by atoms with Gasteiger partial charge in [-0.2, -0.15) is 0 Å². The minimum Gasteiger partial charge on any atom is -0.0999 e. The molecule has 0 heteroatoms. The van der Waals surface area contributed by atoms with Gasteiger partial charge in [0.25, 0.3) is 0 Å². The molecule has 0 nitrogen and oxygen atoms in total. The van der Waals surface area contributed by atoms with Crippen LogP contribution >= 0.6 is 0 Å². The Morgan fingerprint density at radius 2 is 1.67 bits per heavy atom. The second-order valence-corrected chi connectivity index (χ2v) is 9.20. The summed E-state index contributed by atoms with van der Waals surface area (Å²) in [4.78, 5) is 0. The summed E-state index contributed by atoms with van der Waals surface area (Å²) in [6.07, 6.45) is 12.1.